The van der Waals surface area contributed by atoms with E-state index in [4.69, 9.17) is 4.99 Å². The van der Waals surface area contributed by atoms with Crippen LogP contribution in [0.5, 0.6) is 0 Å². The third-order valence-corrected chi connectivity index (χ3v) is 17.1. The minimum absolute atomic E-state index is 0.177. The van der Waals surface area contributed by atoms with E-state index in [1.807, 2.05) is 71.0 Å². The Hall–Kier alpha value is -3.88. The topological polar surface area (TPSA) is 88.8 Å². The van der Waals surface area contributed by atoms with Crippen molar-refractivity contribution in [2.24, 2.45) is 31.8 Å². The van der Waals surface area contributed by atoms with Crippen LogP contribution in [-0.2, 0) is 12.8 Å². The minimum atomic E-state index is 0.177. The second-order valence-electron chi connectivity index (χ2n) is 16.4. The maximum Gasteiger partial charge on any atom is 0.109 e. The first-order chi connectivity index (χ1) is 29.6. The number of halogens is 1. The number of nitrogens with zero attached hydrogens (tertiary/aromatic N) is 5. The van der Waals surface area contributed by atoms with Gasteiger partial charge in [-0.05, 0) is 156 Å². The number of aliphatic imine (C=N–C) groups is 4. The van der Waals surface area contributed by atoms with Crippen LogP contribution in [0.4, 0.5) is 0 Å². The van der Waals surface area contributed by atoms with Crippen LogP contribution in [0, 0.1) is 46.5 Å². The number of likely N-dealkylation sites (N-methyl/N-ethyl adjacent to an activating group) is 1. The maximum atomic E-state index is 4.78. The van der Waals surface area contributed by atoms with Crippen molar-refractivity contribution < 1.29 is 0 Å². The van der Waals surface area contributed by atoms with E-state index >= 15 is 0 Å². The summed E-state index contributed by atoms with van der Waals surface area (Å²) in [6, 6.07) is 5.47. The molecule has 4 aromatic rings. The highest BCUT2D eigenvalue weighted by molar-refractivity contribution is 9.10. The molecule has 4 atom stereocenters. The molecule has 8 heterocycles. The Bertz CT molecular complexity index is 2350. The van der Waals surface area contributed by atoms with Gasteiger partial charge < -0.3 is 20.9 Å². The number of hydrogen-bond donors (Lipinski definition) is 3. The molecule has 8 rings (SSSR count). The lowest BCUT2D eigenvalue weighted by Crippen LogP contribution is -2.23. The standard InChI is InChI=1S/C14H20N2S.C13H18N2S.C12H16N2S.C10H11BrN2S/c1-8(2)12-6-15-11(5)16-13(12)14-10(4)9(3)7-17-14;1-8(2)11-5-14-7-15-12(11)13-10(4)9(3)6-16-13;1-4-10-7-9(2)15-12(10)11-5-6-13-8-14(11)3;1-2-7-5-8(11)10(14-7)9-3-4-12-6-13-9/h6-8,13H,1-5H3,(H,15,16);5-8,12H,1-4H3,(H,14,15);5-8,11H,4H2,1-3H3;3-6,9H,2H2,1H3,(H,12,13). The van der Waals surface area contributed by atoms with E-state index < -0.39 is 0 Å². The van der Waals surface area contributed by atoms with Crippen molar-refractivity contribution in [1.82, 2.24) is 20.9 Å². The highest BCUT2D eigenvalue weighted by Gasteiger charge is 2.26. The van der Waals surface area contributed by atoms with Crippen molar-refractivity contribution in [3.8, 4) is 0 Å². The van der Waals surface area contributed by atoms with E-state index in [2.05, 4.69) is 182 Å². The predicted octanol–water partition coefficient (Wildman–Crippen LogP) is 14.0. The summed E-state index contributed by atoms with van der Waals surface area (Å²) >= 11 is 10.9. The normalized spacial score (nSPS) is 19.9. The van der Waals surface area contributed by atoms with Crippen LogP contribution in [0.25, 0.3) is 0 Å². The van der Waals surface area contributed by atoms with Gasteiger partial charge >= 0.3 is 0 Å². The summed E-state index contributed by atoms with van der Waals surface area (Å²) in [6.07, 6.45) is 19.9. The fourth-order valence-electron chi connectivity index (χ4n) is 7.16. The average Bonchev–Trinajstić information content (AvgIpc) is 4.03. The van der Waals surface area contributed by atoms with Crippen molar-refractivity contribution >= 4 is 86.1 Å². The molecular formula is C49H65BrN8S4. The summed E-state index contributed by atoms with van der Waals surface area (Å²) in [6.45, 7) is 26.2. The quantitative estimate of drug-likeness (QED) is 0.164. The molecule has 3 N–H and O–H groups in total. The highest BCUT2D eigenvalue weighted by Crippen LogP contribution is 2.40. The lowest BCUT2D eigenvalue weighted by atomic mass is 9.93. The molecule has 0 fully saturated rings. The zero-order valence-electron chi connectivity index (χ0n) is 38.6. The lowest BCUT2D eigenvalue weighted by Gasteiger charge is -2.25. The summed E-state index contributed by atoms with van der Waals surface area (Å²) in [5, 5.41) is 13.7. The van der Waals surface area contributed by atoms with Crippen molar-refractivity contribution in [2.45, 2.75) is 120 Å². The molecule has 0 saturated carbocycles. The molecule has 4 aliphatic heterocycles. The van der Waals surface area contributed by atoms with Gasteiger partial charge in [-0.2, -0.15) is 0 Å². The smallest absolute Gasteiger partial charge is 0.109 e. The fraction of sp³-hybridized carbons (Fsp3) is 0.429. The number of thiophene rings is 4. The van der Waals surface area contributed by atoms with Crippen LogP contribution in [-0.4, -0.2) is 36.8 Å². The van der Waals surface area contributed by atoms with Gasteiger partial charge in [0.25, 0.3) is 0 Å². The number of rotatable bonds is 8. The molecule has 8 nitrogen and oxygen atoms in total. The molecule has 0 radical (unpaired) electrons. The first-order valence-electron chi connectivity index (χ1n) is 21.5. The maximum absolute atomic E-state index is 4.78. The highest BCUT2D eigenvalue weighted by atomic mass is 79.9. The molecule has 0 amide bonds. The molecule has 332 valence electrons. The second-order valence-corrected chi connectivity index (χ2v) is 21.5. The summed E-state index contributed by atoms with van der Waals surface area (Å²) in [5.74, 6) is 2.05. The molecule has 13 heteroatoms. The minimum Gasteiger partial charge on any atom is -0.354 e. The van der Waals surface area contributed by atoms with Crippen LogP contribution < -0.4 is 16.0 Å². The first kappa shape index (κ1) is 49.1. The molecular weight excluding hydrogens is 909 g/mol. The number of amidine groups is 1. The molecule has 0 aliphatic carbocycles. The van der Waals surface area contributed by atoms with E-state index in [0.717, 1.165) is 18.7 Å². The van der Waals surface area contributed by atoms with Gasteiger partial charge in [0.15, 0.2) is 0 Å². The number of aryl methyl sites for hydroxylation is 5. The van der Waals surface area contributed by atoms with Crippen LogP contribution in [0.1, 0.15) is 130 Å². The van der Waals surface area contributed by atoms with Gasteiger partial charge in [0.2, 0.25) is 0 Å². The van der Waals surface area contributed by atoms with Gasteiger partial charge in [-0.1, -0.05) is 41.5 Å². The van der Waals surface area contributed by atoms with Gasteiger partial charge in [0.1, 0.15) is 18.1 Å². The van der Waals surface area contributed by atoms with Gasteiger partial charge in [-0.25, -0.2) is 4.99 Å². The van der Waals surface area contributed by atoms with Crippen LogP contribution in [0.15, 0.2) is 95.4 Å². The molecule has 4 aliphatic rings. The molecule has 0 bridgehead atoms. The van der Waals surface area contributed by atoms with E-state index in [9.17, 15) is 0 Å². The van der Waals surface area contributed by atoms with Gasteiger partial charge in [-0.15, -0.1) is 45.3 Å². The first-order valence-corrected chi connectivity index (χ1v) is 25.6. The predicted molar refractivity (Wildman–Crippen MR) is 278 cm³/mol. The van der Waals surface area contributed by atoms with E-state index in [0.29, 0.717) is 17.9 Å². The van der Waals surface area contributed by atoms with Crippen LogP contribution in [0.3, 0.4) is 0 Å². The number of nitrogens with one attached hydrogen (secondary N) is 3. The van der Waals surface area contributed by atoms with E-state index in [1.54, 1.807) is 12.7 Å². The molecule has 62 heavy (non-hydrogen) atoms. The summed E-state index contributed by atoms with van der Waals surface area (Å²) in [4.78, 5) is 28.3. The summed E-state index contributed by atoms with van der Waals surface area (Å²) in [7, 11) is 2.08. The Morgan fingerprint density at radius 3 is 1.94 bits per heavy atom. The van der Waals surface area contributed by atoms with Crippen molar-refractivity contribution in [2.75, 3.05) is 7.05 Å². The van der Waals surface area contributed by atoms with Crippen LogP contribution in [0.2, 0.25) is 0 Å². The van der Waals surface area contributed by atoms with E-state index in [-0.39, 0.29) is 18.1 Å². The fourth-order valence-corrected chi connectivity index (χ4v) is 12.6. The average molecular weight is 974 g/mol. The lowest BCUT2D eigenvalue weighted by molar-refractivity contribution is 0.449. The Morgan fingerprint density at radius 1 is 0.742 bits per heavy atom. The molecule has 0 aromatic carbocycles. The monoisotopic (exact) mass is 972 g/mol. The van der Waals surface area contributed by atoms with E-state index in [1.165, 1.54) is 72.7 Å². The van der Waals surface area contributed by atoms with Gasteiger partial charge in [0, 0.05) is 65.6 Å². The summed E-state index contributed by atoms with van der Waals surface area (Å²) < 4.78 is 1.17. The zero-order chi connectivity index (χ0) is 45.1. The van der Waals surface area contributed by atoms with Crippen molar-refractivity contribution in [3.05, 3.63) is 133 Å². The summed E-state index contributed by atoms with van der Waals surface area (Å²) in [5.41, 5.74) is 9.74. The molecule has 0 saturated heterocycles. The van der Waals surface area contributed by atoms with Crippen molar-refractivity contribution in [1.29, 1.82) is 0 Å². The number of hydrogen-bond acceptors (Lipinski definition) is 12. The Morgan fingerprint density at radius 2 is 1.39 bits per heavy atom. The third kappa shape index (κ3) is 12.4. The molecule has 0 spiro atoms. The zero-order valence-corrected chi connectivity index (χ0v) is 43.5. The second kappa shape index (κ2) is 23.2. The SMILES string of the molecule is CC1=NC(c2scc(C)c2C)C(C(C)C)=CN1.CCc1cc(Br)c(C2C=CNC=N2)s1.CCc1cc(C)sc1C1C=CN=CN1C.Cc1csc(C2N=CNC=C2C(C)C)c1C. The van der Waals surface area contributed by atoms with Gasteiger partial charge in [0.05, 0.1) is 30.9 Å². The third-order valence-electron chi connectivity index (χ3n) is 11.1. The molecule has 4 aromatic heterocycles. The van der Waals surface area contributed by atoms with Crippen LogP contribution >= 0.6 is 61.3 Å². The van der Waals surface area contributed by atoms with Crippen molar-refractivity contribution in [3.63, 3.8) is 0 Å². The largest absolute Gasteiger partial charge is 0.354 e. The Labute approximate surface area is 395 Å². The Kier molecular flexibility index (Phi) is 18.4. The molecule has 4 unspecified atom stereocenters. The Balaban J connectivity index is 0.000000156. The van der Waals surface area contributed by atoms with Gasteiger partial charge in [-0.3, -0.25) is 15.0 Å².